The zero-order valence-corrected chi connectivity index (χ0v) is 11.2. The predicted molar refractivity (Wildman–Crippen MR) is 69.5 cm³/mol. The van der Waals surface area contributed by atoms with Gasteiger partial charge in [-0.2, -0.15) is 0 Å². The second-order valence-corrected chi connectivity index (χ2v) is 5.72. The number of pyridine rings is 1. The Balaban J connectivity index is 2.17. The minimum atomic E-state index is -3.62. The lowest BCUT2D eigenvalue weighted by atomic mass is 10.3. The summed E-state index contributed by atoms with van der Waals surface area (Å²) in [6, 6.07) is 2.62. The summed E-state index contributed by atoms with van der Waals surface area (Å²) in [7, 11) is -3.62. The van der Waals surface area contributed by atoms with Gasteiger partial charge in [0.1, 0.15) is 10.7 Å². The Hall–Kier alpha value is -1.77. The number of hydrogen-bond acceptors (Lipinski definition) is 5. The van der Waals surface area contributed by atoms with Gasteiger partial charge in [-0.25, -0.2) is 18.1 Å². The number of aromatic amines is 1. The van der Waals surface area contributed by atoms with E-state index < -0.39 is 16.1 Å². The summed E-state index contributed by atoms with van der Waals surface area (Å²) in [6.07, 6.45) is 4.49. The zero-order chi connectivity index (χ0) is 13.9. The number of nitrogens with zero attached hydrogens (tertiary/aromatic N) is 2. The van der Waals surface area contributed by atoms with Gasteiger partial charge in [0.15, 0.2) is 0 Å². The van der Waals surface area contributed by atoms with Gasteiger partial charge in [0, 0.05) is 25.1 Å². The Kier molecular flexibility index (Phi) is 3.93. The van der Waals surface area contributed by atoms with E-state index >= 15 is 0 Å². The molecular formula is C11H15N5O2S. The molecule has 4 N–H and O–H groups in total. The lowest BCUT2D eigenvalue weighted by molar-refractivity contribution is 0.560. The van der Waals surface area contributed by atoms with Crippen molar-refractivity contribution >= 4 is 10.0 Å². The van der Waals surface area contributed by atoms with Crippen LogP contribution in [0.25, 0.3) is 0 Å². The maximum Gasteiger partial charge on any atom is 0.242 e. The van der Waals surface area contributed by atoms with Gasteiger partial charge in [-0.1, -0.05) is 0 Å². The quantitative estimate of drug-likeness (QED) is 0.729. The van der Waals surface area contributed by atoms with Gasteiger partial charge in [-0.3, -0.25) is 4.98 Å². The molecule has 2 rings (SSSR count). The number of aromatic nitrogens is 3. The van der Waals surface area contributed by atoms with Crippen LogP contribution in [-0.4, -0.2) is 23.4 Å². The Morgan fingerprint density at radius 3 is 2.74 bits per heavy atom. The fourth-order valence-corrected chi connectivity index (χ4v) is 2.71. The molecule has 7 nitrogen and oxygen atoms in total. The van der Waals surface area contributed by atoms with E-state index in [0.717, 1.165) is 0 Å². The molecule has 19 heavy (non-hydrogen) atoms. The van der Waals surface area contributed by atoms with Crippen LogP contribution >= 0.6 is 0 Å². The van der Waals surface area contributed by atoms with Gasteiger partial charge in [0.25, 0.3) is 0 Å². The van der Waals surface area contributed by atoms with Gasteiger partial charge in [0.2, 0.25) is 10.0 Å². The number of imidazole rings is 1. The number of sulfonamides is 1. The summed E-state index contributed by atoms with van der Waals surface area (Å²) in [5.74, 6) is 0.551. The van der Waals surface area contributed by atoms with Crippen LogP contribution in [-0.2, 0) is 16.6 Å². The van der Waals surface area contributed by atoms with Crippen molar-refractivity contribution in [2.24, 2.45) is 5.73 Å². The maximum absolute atomic E-state index is 12.1. The van der Waals surface area contributed by atoms with Crippen LogP contribution in [0.15, 0.2) is 35.6 Å². The number of rotatable bonds is 5. The Morgan fingerprint density at radius 1 is 1.42 bits per heavy atom. The Labute approximate surface area is 111 Å². The molecule has 0 aromatic carbocycles. The Morgan fingerprint density at radius 2 is 2.21 bits per heavy atom. The molecule has 0 aliphatic carbocycles. The Bertz CT molecular complexity index is 622. The number of hydrogen-bond donors (Lipinski definition) is 3. The standard InChI is InChI=1S/C11H15N5O2S/c1-8(11-13-4-5-14-11)16-19(17,18)10-3-2-9(6-12)15-7-10/h2-5,7-8,16H,6,12H2,1H3,(H,13,14). The molecule has 0 radical (unpaired) electrons. The third-order valence-corrected chi connectivity index (χ3v) is 4.10. The van der Waals surface area contributed by atoms with E-state index in [1.165, 1.54) is 12.3 Å². The van der Waals surface area contributed by atoms with Crippen molar-refractivity contribution in [2.75, 3.05) is 0 Å². The van der Waals surface area contributed by atoms with Crippen molar-refractivity contribution in [3.8, 4) is 0 Å². The monoisotopic (exact) mass is 281 g/mol. The SMILES string of the molecule is CC(NS(=O)(=O)c1ccc(CN)nc1)c1ncc[nH]1. The van der Waals surface area contributed by atoms with Crippen molar-refractivity contribution in [2.45, 2.75) is 24.4 Å². The summed E-state index contributed by atoms with van der Waals surface area (Å²) in [4.78, 5) is 10.9. The van der Waals surface area contributed by atoms with Crippen LogP contribution in [0.1, 0.15) is 24.5 Å². The molecule has 0 saturated carbocycles. The topological polar surface area (TPSA) is 114 Å². The molecule has 2 aromatic heterocycles. The molecule has 0 fully saturated rings. The lowest BCUT2D eigenvalue weighted by Crippen LogP contribution is -2.27. The largest absolute Gasteiger partial charge is 0.347 e. The van der Waals surface area contributed by atoms with E-state index in [4.69, 9.17) is 5.73 Å². The highest BCUT2D eigenvalue weighted by Gasteiger charge is 2.19. The molecule has 1 unspecified atom stereocenters. The summed E-state index contributed by atoms with van der Waals surface area (Å²) in [6.45, 7) is 1.98. The highest BCUT2D eigenvalue weighted by atomic mass is 32.2. The molecule has 0 amide bonds. The van der Waals surface area contributed by atoms with E-state index in [1.54, 1.807) is 25.4 Å². The van der Waals surface area contributed by atoms with E-state index in [0.29, 0.717) is 11.5 Å². The molecule has 2 aromatic rings. The van der Waals surface area contributed by atoms with Crippen molar-refractivity contribution < 1.29 is 8.42 Å². The van der Waals surface area contributed by atoms with Gasteiger partial charge in [0.05, 0.1) is 11.7 Å². The second kappa shape index (κ2) is 5.47. The molecule has 0 aliphatic rings. The van der Waals surface area contributed by atoms with Gasteiger partial charge < -0.3 is 10.7 Å². The molecule has 0 aliphatic heterocycles. The number of nitrogens with two attached hydrogens (primary N) is 1. The van der Waals surface area contributed by atoms with E-state index in [2.05, 4.69) is 19.7 Å². The van der Waals surface area contributed by atoms with Crippen molar-refractivity contribution in [3.63, 3.8) is 0 Å². The number of H-pyrrole nitrogens is 1. The van der Waals surface area contributed by atoms with Gasteiger partial charge >= 0.3 is 0 Å². The first kappa shape index (κ1) is 13.7. The first-order valence-corrected chi connectivity index (χ1v) is 7.18. The third-order valence-electron chi connectivity index (χ3n) is 2.58. The molecule has 0 spiro atoms. The van der Waals surface area contributed by atoms with Crippen LogP contribution in [0.2, 0.25) is 0 Å². The minimum Gasteiger partial charge on any atom is -0.347 e. The normalized spacial score (nSPS) is 13.4. The molecule has 2 heterocycles. The highest BCUT2D eigenvalue weighted by Crippen LogP contribution is 2.13. The van der Waals surface area contributed by atoms with E-state index in [9.17, 15) is 8.42 Å². The minimum absolute atomic E-state index is 0.100. The molecule has 8 heteroatoms. The van der Waals surface area contributed by atoms with Crippen LogP contribution in [0.4, 0.5) is 0 Å². The third kappa shape index (κ3) is 3.16. The zero-order valence-electron chi connectivity index (χ0n) is 10.4. The fourth-order valence-electron chi connectivity index (χ4n) is 1.56. The van der Waals surface area contributed by atoms with E-state index in [-0.39, 0.29) is 11.4 Å². The van der Waals surface area contributed by atoms with Gasteiger partial charge in [-0.15, -0.1) is 0 Å². The van der Waals surface area contributed by atoms with E-state index in [1.807, 2.05) is 0 Å². The summed E-state index contributed by atoms with van der Waals surface area (Å²) < 4.78 is 26.7. The average molecular weight is 281 g/mol. The maximum atomic E-state index is 12.1. The lowest BCUT2D eigenvalue weighted by Gasteiger charge is -2.12. The van der Waals surface area contributed by atoms with Crippen LogP contribution < -0.4 is 10.5 Å². The predicted octanol–water partition coefficient (Wildman–Crippen LogP) is 0.303. The molecular weight excluding hydrogens is 266 g/mol. The van der Waals surface area contributed by atoms with Crippen LogP contribution in [0.5, 0.6) is 0 Å². The molecule has 0 saturated heterocycles. The van der Waals surface area contributed by atoms with Gasteiger partial charge in [-0.05, 0) is 19.1 Å². The highest BCUT2D eigenvalue weighted by molar-refractivity contribution is 7.89. The first-order chi connectivity index (χ1) is 9.03. The van der Waals surface area contributed by atoms with Crippen molar-refractivity contribution in [1.82, 2.24) is 19.7 Å². The van der Waals surface area contributed by atoms with Crippen LogP contribution in [0.3, 0.4) is 0 Å². The number of nitrogens with one attached hydrogen (secondary N) is 2. The summed E-state index contributed by atoms with van der Waals surface area (Å²) in [5, 5.41) is 0. The van der Waals surface area contributed by atoms with Crippen LogP contribution in [0, 0.1) is 0 Å². The fraction of sp³-hybridized carbons (Fsp3) is 0.273. The molecule has 0 bridgehead atoms. The molecule has 1 atom stereocenters. The molecule has 102 valence electrons. The van der Waals surface area contributed by atoms with Crippen molar-refractivity contribution in [1.29, 1.82) is 0 Å². The first-order valence-electron chi connectivity index (χ1n) is 5.69. The second-order valence-electron chi connectivity index (χ2n) is 4.01. The average Bonchev–Trinajstić information content (AvgIpc) is 2.92. The summed E-state index contributed by atoms with van der Waals surface area (Å²) in [5.41, 5.74) is 6.05. The smallest absolute Gasteiger partial charge is 0.242 e. The summed E-state index contributed by atoms with van der Waals surface area (Å²) >= 11 is 0. The van der Waals surface area contributed by atoms with Crippen molar-refractivity contribution in [3.05, 3.63) is 42.2 Å².